The normalized spacial score (nSPS) is 9.90. The number of hydrogen-bond donors (Lipinski definition) is 1. The fourth-order valence-electron chi connectivity index (χ4n) is 1.73. The number of ether oxygens (including phenoxy) is 2. The summed E-state index contributed by atoms with van der Waals surface area (Å²) in [7, 11) is 1.61. The third-order valence-electron chi connectivity index (χ3n) is 2.76. The van der Waals surface area contributed by atoms with E-state index in [9.17, 15) is 4.79 Å². The molecule has 1 amide bonds. The van der Waals surface area contributed by atoms with Gasteiger partial charge < -0.3 is 14.8 Å². The van der Waals surface area contributed by atoms with Gasteiger partial charge in [0, 0.05) is 13.5 Å². The second kappa shape index (κ2) is 6.61. The van der Waals surface area contributed by atoms with E-state index in [2.05, 4.69) is 5.32 Å². The minimum Gasteiger partial charge on any atom is -0.493 e. The molecule has 1 N–H and O–H groups in total. The average molecular weight is 271 g/mol. The van der Waals surface area contributed by atoms with Crippen LogP contribution in [0.3, 0.4) is 0 Å². The molecule has 0 saturated carbocycles. The summed E-state index contributed by atoms with van der Waals surface area (Å²) in [6.07, 6.45) is 0. The predicted molar refractivity (Wildman–Crippen MR) is 77.0 cm³/mol. The van der Waals surface area contributed by atoms with Crippen LogP contribution >= 0.6 is 0 Å². The van der Waals surface area contributed by atoms with Crippen LogP contribution in [0.4, 0.5) is 0 Å². The molecule has 0 spiro atoms. The van der Waals surface area contributed by atoms with Gasteiger partial charge in [0.25, 0.3) is 0 Å². The molecule has 0 saturated heterocycles. The Balaban J connectivity index is 2.05. The first kappa shape index (κ1) is 13.9. The molecule has 0 atom stereocenters. The number of para-hydroxylation sites is 2. The maximum atomic E-state index is 10.8. The van der Waals surface area contributed by atoms with Gasteiger partial charge in [0.1, 0.15) is 5.75 Å². The average Bonchev–Trinajstić information content (AvgIpc) is 2.47. The Hall–Kier alpha value is -2.49. The highest BCUT2D eigenvalue weighted by atomic mass is 16.5. The van der Waals surface area contributed by atoms with E-state index in [0.29, 0.717) is 18.0 Å². The maximum Gasteiger partial charge on any atom is 0.217 e. The van der Waals surface area contributed by atoms with Crippen LogP contribution in [-0.2, 0) is 11.3 Å². The molecular weight excluding hydrogens is 254 g/mol. The first-order valence-electron chi connectivity index (χ1n) is 6.33. The molecule has 4 heteroatoms. The molecule has 2 aromatic carbocycles. The highest BCUT2D eigenvalue weighted by molar-refractivity contribution is 5.72. The van der Waals surface area contributed by atoms with Crippen LogP contribution in [0.1, 0.15) is 12.5 Å². The molecule has 0 aliphatic carbocycles. The standard InChI is InChI=1S/C16H17NO3/c1-12(18)17-11-13-7-9-14(10-8-13)20-16-6-4-3-5-15(16)19-2/h3-10H,11H2,1-2H3,(H,17,18). The zero-order valence-corrected chi connectivity index (χ0v) is 11.6. The lowest BCUT2D eigenvalue weighted by atomic mass is 10.2. The van der Waals surface area contributed by atoms with Crippen molar-refractivity contribution in [1.82, 2.24) is 5.32 Å². The molecule has 0 unspecified atom stereocenters. The Morgan fingerprint density at radius 2 is 1.70 bits per heavy atom. The fourth-order valence-corrected chi connectivity index (χ4v) is 1.73. The lowest BCUT2D eigenvalue weighted by Gasteiger charge is -2.10. The van der Waals surface area contributed by atoms with E-state index < -0.39 is 0 Å². The van der Waals surface area contributed by atoms with Gasteiger partial charge in [-0.05, 0) is 29.8 Å². The van der Waals surface area contributed by atoms with Crippen molar-refractivity contribution in [1.29, 1.82) is 0 Å². The number of rotatable bonds is 5. The van der Waals surface area contributed by atoms with E-state index >= 15 is 0 Å². The van der Waals surface area contributed by atoms with Gasteiger partial charge in [-0.2, -0.15) is 0 Å². The number of amides is 1. The van der Waals surface area contributed by atoms with Gasteiger partial charge in [0.2, 0.25) is 5.91 Å². The first-order valence-corrected chi connectivity index (χ1v) is 6.33. The van der Waals surface area contributed by atoms with Crippen molar-refractivity contribution < 1.29 is 14.3 Å². The Morgan fingerprint density at radius 3 is 2.30 bits per heavy atom. The van der Waals surface area contributed by atoms with Crippen LogP contribution in [0, 0.1) is 0 Å². The monoisotopic (exact) mass is 271 g/mol. The zero-order chi connectivity index (χ0) is 14.4. The van der Waals surface area contributed by atoms with Crippen molar-refractivity contribution in [3.8, 4) is 17.2 Å². The second-order valence-electron chi connectivity index (χ2n) is 4.31. The highest BCUT2D eigenvalue weighted by Gasteiger charge is 2.04. The molecule has 2 aromatic rings. The van der Waals surface area contributed by atoms with Crippen molar-refractivity contribution in [3.63, 3.8) is 0 Å². The smallest absolute Gasteiger partial charge is 0.217 e. The van der Waals surface area contributed by atoms with Crippen molar-refractivity contribution in [3.05, 3.63) is 54.1 Å². The zero-order valence-electron chi connectivity index (χ0n) is 11.6. The number of hydrogen-bond acceptors (Lipinski definition) is 3. The van der Waals surface area contributed by atoms with Gasteiger partial charge in [-0.15, -0.1) is 0 Å². The number of carbonyl (C=O) groups is 1. The topological polar surface area (TPSA) is 47.6 Å². The summed E-state index contributed by atoms with van der Waals surface area (Å²) >= 11 is 0. The van der Waals surface area contributed by atoms with E-state index in [0.717, 1.165) is 11.3 Å². The van der Waals surface area contributed by atoms with Crippen LogP contribution in [0.25, 0.3) is 0 Å². The van der Waals surface area contributed by atoms with Crippen molar-refractivity contribution in [2.45, 2.75) is 13.5 Å². The summed E-state index contributed by atoms with van der Waals surface area (Å²) in [5, 5.41) is 2.75. The van der Waals surface area contributed by atoms with Gasteiger partial charge in [0.05, 0.1) is 7.11 Å². The third-order valence-corrected chi connectivity index (χ3v) is 2.76. The van der Waals surface area contributed by atoms with E-state index in [4.69, 9.17) is 9.47 Å². The molecule has 20 heavy (non-hydrogen) atoms. The van der Waals surface area contributed by atoms with Crippen LogP contribution in [0.5, 0.6) is 17.2 Å². The Bertz CT molecular complexity index is 579. The lowest BCUT2D eigenvalue weighted by molar-refractivity contribution is -0.119. The number of carbonyl (C=O) groups excluding carboxylic acids is 1. The highest BCUT2D eigenvalue weighted by Crippen LogP contribution is 2.30. The van der Waals surface area contributed by atoms with Gasteiger partial charge in [0.15, 0.2) is 11.5 Å². The summed E-state index contributed by atoms with van der Waals surface area (Å²) in [4.78, 5) is 10.8. The number of benzene rings is 2. The molecule has 104 valence electrons. The summed E-state index contributed by atoms with van der Waals surface area (Å²) in [5.41, 5.74) is 1.02. The lowest BCUT2D eigenvalue weighted by Crippen LogP contribution is -2.18. The van der Waals surface area contributed by atoms with E-state index in [1.807, 2.05) is 48.5 Å². The van der Waals surface area contributed by atoms with Gasteiger partial charge in [-0.3, -0.25) is 4.79 Å². The molecular formula is C16H17NO3. The largest absolute Gasteiger partial charge is 0.493 e. The van der Waals surface area contributed by atoms with Crippen LogP contribution in [0.15, 0.2) is 48.5 Å². The number of nitrogens with one attached hydrogen (secondary N) is 1. The van der Waals surface area contributed by atoms with Crippen LogP contribution < -0.4 is 14.8 Å². The van der Waals surface area contributed by atoms with Crippen LogP contribution in [-0.4, -0.2) is 13.0 Å². The van der Waals surface area contributed by atoms with Gasteiger partial charge in [-0.1, -0.05) is 24.3 Å². The SMILES string of the molecule is COc1ccccc1Oc1ccc(CNC(C)=O)cc1. The van der Waals surface area contributed by atoms with E-state index in [1.165, 1.54) is 6.92 Å². The molecule has 0 aromatic heterocycles. The Labute approximate surface area is 118 Å². The first-order chi connectivity index (χ1) is 9.69. The molecule has 0 aliphatic heterocycles. The summed E-state index contributed by atoms with van der Waals surface area (Å²) in [6, 6.07) is 15.0. The summed E-state index contributed by atoms with van der Waals surface area (Å²) in [6.45, 7) is 2.02. The molecule has 0 fully saturated rings. The summed E-state index contributed by atoms with van der Waals surface area (Å²) in [5.74, 6) is 2.04. The van der Waals surface area contributed by atoms with E-state index in [-0.39, 0.29) is 5.91 Å². The minimum atomic E-state index is -0.0423. The molecule has 4 nitrogen and oxygen atoms in total. The summed E-state index contributed by atoms with van der Waals surface area (Å²) < 4.78 is 11.0. The van der Waals surface area contributed by atoms with Crippen molar-refractivity contribution >= 4 is 5.91 Å². The molecule has 0 heterocycles. The Morgan fingerprint density at radius 1 is 1.05 bits per heavy atom. The third kappa shape index (κ3) is 3.75. The van der Waals surface area contributed by atoms with Crippen molar-refractivity contribution in [2.75, 3.05) is 7.11 Å². The second-order valence-corrected chi connectivity index (χ2v) is 4.31. The Kier molecular flexibility index (Phi) is 4.60. The fraction of sp³-hybridized carbons (Fsp3) is 0.188. The maximum absolute atomic E-state index is 10.8. The molecule has 0 radical (unpaired) electrons. The number of methoxy groups -OCH3 is 1. The van der Waals surface area contributed by atoms with E-state index in [1.54, 1.807) is 7.11 Å². The quantitative estimate of drug-likeness (QED) is 0.909. The minimum absolute atomic E-state index is 0.0423. The molecule has 0 aliphatic rings. The van der Waals surface area contributed by atoms with Crippen molar-refractivity contribution in [2.24, 2.45) is 0 Å². The van der Waals surface area contributed by atoms with Gasteiger partial charge in [-0.25, -0.2) is 0 Å². The molecule has 0 bridgehead atoms. The van der Waals surface area contributed by atoms with Gasteiger partial charge >= 0.3 is 0 Å². The predicted octanol–water partition coefficient (Wildman–Crippen LogP) is 3.12. The molecule has 2 rings (SSSR count). The van der Waals surface area contributed by atoms with Crippen LogP contribution in [0.2, 0.25) is 0 Å².